The van der Waals surface area contributed by atoms with Crippen LogP contribution in [0.3, 0.4) is 0 Å². The molecule has 0 bridgehead atoms. The Morgan fingerprint density at radius 1 is 1.06 bits per heavy atom. The monoisotopic (exact) mass is 515 g/mol. The van der Waals surface area contributed by atoms with Crippen molar-refractivity contribution in [3.63, 3.8) is 0 Å². The lowest BCUT2D eigenvalue weighted by Crippen LogP contribution is -2.32. The number of carbonyl (C=O) groups excluding carboxylic acids is 2. The summed E-state index contributed by atoms with van der Waals surface area (Å²) in [4.78, 5) is 24.1. The smallest absolute Gasteiger partial charge is 0.329 e. The van der Waals surface area contributed by atoms with E-state index in [1.165, 1.54) is 13.3 Å². The first-order valence-electron chi connectivity index (χ1n) is 9.40. The number of nitrogens with zero attached hydrogens (tertiary/aromatic N) is 1. The lowest BCUT2D eigenvalue weighted by atomic mass is 10.2. The lowest BCUT2D eigenvalue weighted by molar-refractivity contribution is -0.136. The van der Waals surface area contributed by atoms with Crippen LogP contribution in [0, 0.1) is 0 Å². The molecular weight excluding hydrogens is 498 g/mol. The topological polar surface area (TPSA) is 89.0 Å². The molecule has 0 aliphatic carbocycles. The van der Waals surface area contributed by atoms with E-state index in [4.69, 9.17) is 21.1 Å². The fourth-order valence-electron chi connectivity index (χ4n) is 2.60. The highest BCUT2D eigenvalue weighted by molar-refractivity contribution is 9.10. The second kappa shape index (κ2) is 11.3. The predicted molar refractivity (Wildman–Crippen MR) is 127 cm³/mol. The number of hydrogen-bond donors (Lipinski definition) is 2. The maximum Gasteiger partial charge on any atom is 0.329 e. The summed E-state index contributed by atoms with van der Waals surface area (Å²) >= 11 is 9.57. The van der Waals surface area contributed by atoms with E-state index in [2.05, 4.69) is 31.8 Å². The summed E-state index contributed by atoms with van der Waals surface area (Å²) in [6.45, 7) is 0.263. The van der Waals surface area contributed by atoms with Crippen molar-refractivity contribution in [2.75, 3.05) is 12.4 Å². The number of halogens is 2. The number of benzene rings is 3. The van der Waals surface area contributed by atoms with E-state index >= 15 is 0 Å². The molecule has 0 heterocycles. The van der Waals surface area contributed by atoms with Crippen LogP contribution in [-0.4, -0.2) is 25.1 Å². The van der Waals surface area contributed by atoms with Crippen LogP contribution in [0.1, 0.15) is 11.1 Å². The van der Waals surface area contributed by atoms with Gasteiger partial charge in [0.05, 0.1) is 13.3 Å². The highest BCUT2D eigenvalue weighted by Crippen LogP contribution is 2.24. The zero-order valence-electron chi connectivity index (χ0n) is 17.0. The first-order chi connectivity index (χ1) is 15.5. The van der Waals surface area contributed by atoms with E-state index < -0.39 is 11.8 Å². The van der Waals surface area contributed by atoms with Crippen molar-refractivity contribution < 1.29 is 19.1 Å². The van der Waals surface area contributed by atoms with Crippen molar-refractivity contribution in [3.05, 3.63) is 87.4 Å². The van der Waals surface area contributed by atoms with Crippen LogP contribution in [0.5, 0.6) is 11.5 Å². The van der Waals surface area contributed by atoms with Gasteiger partial charge >= 0.3 is 11.8 Å². The number of hydrazone groups is 1. The maximum absolute atomic E-state index is 12.0. The second-order valence-corrected chi connectivity index (χ2v) is 7.77. The summed E-state index contributed by atoms with van der Waals surface area (Å²) in [5.74, 6) is -0.588. The number of amides is 2. The summed E-state index contributed by atoms with van der Waals surface area (Å²) in [7, 11) is 1.54. The average molecular weight is 517 g/mol. The number of methoxy groups -OCH3 is 1. The first-order valence-corrected chi connectivity index (χ1v) is 10.6. The molecule has 3 aromatic carbocycles. The van der Waals surface area contributed by atoms with E-state index in [1.54, 1.807) is 42.5 Å². The van der Waals surface area contributed by atoms with Gasteiger partial charge in [0, 0.05) is 26.3 Å². The normalized spacial score (nSPS) is 10.6. The molecule has 3 aromatic rings. The van der Waals surface area contributed by atoms with Crippen molar-refractivity contribution in [2.45, 2.75) is 6.61 Å². The van der Waals surface area contributed by atoms with Gasteiger partial charge < -0.3 is 14.8 Å². The van der Waals surface area contributed by atoms with Gasteiger partial charge in [-0.05, 0) is 48.5 Å². The van der Waals surface area contributed by atoms with Crippen LogP contribution in [0.25, 0.3) is 0 Å². The maximum atomic E-state index is 12.0. The molecule has 7 nitrogen and oxygen atoms in total. The van der Waals surface area contributed by atoms with E-state index in [0.29, 0.717) is 27.8 Å². The van der Waals surface area contributed by atoms with Crippen LogP contribution in [0.2, 0.25) is 5.02 Å². The van der Waals surface area contributed by atoms with Gasteiger partial charge in [0.2, 0.25) is 0 Å². The summed E-state index contributed by atoms with van der Waals surface area (Å²) in [6.07, 6.45) is 1.39. The quantitative estimate of drug-likeness (QED) is 0.269. The van der Waals surface area contributed by atoms with Crippen molar-refractivity contribution >= 4 is 51.2 Å². The van der Waals surface area contributed by atoms with Gasteiger partial charge in [-0.15, -0.1) is 0 Å². The van der Waals surface area contributed by atoms with Gasteiger partial charge in [-0.25, -0.2) is 5.43 Å². The molecule has 0 radical (unpaired) electrons. The number of carbonyl (C=O) groups is 2. The Kier molecular flexibility index (Phi) is 8.24. The molecule has 2 amide bonds. The summed E-state index contributed by atoms with van der Waals surface area (Å²) in [6, 6.07) is 19.3. The molecule has 9 heteroatoms. The van der Waals surface area contributed by atoms with Crippen molar-refractivity contribution in [1.82, 2.24) is 5.43 Å². The summed E-state index contributed by atoms with van der Waals surface area (Å²) in [5, 5.41) is 6.96. The average Bonchev–Trinajstić information content (AvgIpc) is 2.80. The molecule has 2 N–H and O–H groups in total. The Morgan fingerprint density at radius 2 is 1.81 bits per heavy atom. The first kappa shape index (κ1) is 23.3. The number of hydrogen-bond acceptors (Lipinski definition) is 5. The molecule has 32 heavy (non-hydrogen) atoms. The standard InChI is InChI=1S/C23H19BrClN3O4/c1-31-19-9-7-18(8-10-19)27-22(29)23(30)28-26-13-16-12-17(24)6-11-21(16)32-14-15-4-2-3-5-20(15)25/h2-13H,14H2,1H3,(H,27,29)(H,28,30)/b26-13-. The van der Waals surface area contributed by atoms with Crippen molar-refractivity contribution in [1.29, 1.82) is 0 Å². The second-order valence-electron chi connectivity index (χ2n) is 6.44. The molecule has 164 valence electrons. The highest BCUT2D eigenvalue weighted by atomic mass is 79.9. The Morgan fingerprint density at radius 3 is 2.53 bits per heavy atom. The van der Waals surface area contributed by atoms with Crippen LogP contribution >= 0.6 is 27.5 Å². The van der Waals surface area contributed by atoms with Crippen LogP contribution in [0.4, 0.5) is 5.69 Å². The number of nitrogens with one attached hydrogen (secondary N) is 2. The lowest BCUT2D eigenvalue weighted by Gasteiger charge is -2.10. The van der Waals surface area contributed by atoms with Gasteiger partial charge in [-0.2, -0.15) is 5.10 Å². The third kappa shape index (κ3) is 6.57. The zero-order valence-corrected chi connectivity index (χ0v) is 19.3. The molecule has 0 fully saturated rings. The summed E-state index contributed by atoms with van der Waals surface area (Å²) in [5.41, 5.74) is 4.10. The van der Waals surface area contributed by atoms with E-state index in [9.17, 15) is 9.59 Å². The van der Waals surface area contributed by atoms with Gasteiger partial charge in [-0.1, -0.05) is 45.7 Å². The number of anilines is 1. The fraction of sp³-hybridized carbons (Fsp3) is 0.0870. The molecule has 0 spiro atoms. The minimum Gasteiger partial charge on any atom is -0.497 e. The van der Waals surface area contributed by atoms with Crippen LogP contribution in [0.15, 0.2) is 76.3 Å². The third-order valence-corrected chi connectivity index (χ3v) is 5.10. The molecular formula is C23H19BrClN3O4. The number of ether oxygens (including phenoxy) is 2. The van der Waals surface area contributed by atoms with E-state index in [0.717, 1.165) is 10.0 Å². The Bertz CT molecular complexity index is 1140. The molecule has 0 aromatic heterocycles. The van der Waals surface area contributed by atoms with Crippen LogP contribution < -0.4 is 20.2 Å². The number of rotatable bonds is 7. The molecule has 0 saturated heterocycles. The van der Waals surface area contributed by atoms with Gasteiger partial charge in [-0.3, -0.25) is 9.59 Å². The van der Waals surface area contributed by atoms with Gasteiger partial charge in [0.15, 0.2) is 0 Å². The zero-order chi connectivity index (χ0) is 22.9. The Hall–Kier alpha value is -3.36. The minimum absolute atomic E-state index is 0.263. The predicted octanol–water partition coefficient (Wildman–Crippen LogP) is 4.78. The molecule has 0 aliphatic rings. The van der Waals surface area contributed by atoms with Crippen molar-refractivity contribution in [3.8, 4) is 11.5 Å². The highest BCUT2D eigenvalue weighted by Gasteiger charge is 2.13. The van der Waals surface area contributed by atoms with Crippen LogP contribution in [-0.2, 0) is 16.2 Å². The molecule has 0 unspecified atom stereocenters. The van der Waals surface area contributed by atoms with E-state index in [-0.39, 0.29) is 6.61 Å². The van der Waals surface area contributed by atoms with E-state index in [1.807, 2.05) is 24.3 Å². The molecule has 0 aliphatic heterocycles. The van der Waals surface area contributed by atoms with Gasteiger partial charge in [0.1, 0.15) is 18.1 Å². The summed E-state index contributed by atoms with van der Waals surface area (Å²) < 4.78 is 11.7. The minimum atomic E-state index is -0.911. The molecule has 3 rings (SSSR count). The largest absolute Gasteiger partial charge is 0.497 e. The SMILES string of the molecule is COc1ccc(NC(=O)C(=O)N/N=C\c2cc(Br)ccc2OCc2ccccc2Cl)cc1. The van der Waals surface area contributed by atoms with Gasteiger partial charge in [0.25, 0.3) is 0 Å². The van der Waals surface area contributed by atoms with Crippen molar-refractivity contribution in [2.24, 2.45) is 5.10 Å². The Labute approximate surface area is 198 Å². The Balaban J connectivity index is 1.61. The molecule has 0 atom stereocenters. The third-order valence-electron chi connectivity index (χ3n) is 4.24. The fourth-order valence-corrected chi connectivity index (χ4v) is 3.17. The molecule has 0 saturated carbocycles.